The van der Waals surface area contributed by atoms with Gasteiger partial charge < -0.3 is 10.1 Å². The molecule has 1 saturated heterocycles. The first kappa shape index (κ1) is 22.0. The second-order valence-corrected chi connectivity index (χ2v) is 9.53. The third kappa shape index (κ3) is 5.00. The number of hydrogen-bond donors (Lipinski definition) is 1. The number of benzene rings is 3. The molecule has 6 nitrogen and oxygen atoms in total. The maximum absolute atomic E-state index is 13.7. The number of hydrogen-bond acceptors (Lipinski definition) is 4. The van der Waals surface area contributed by atoms with Crippen LogP contribution in [0, 0.1) is 0 Å². The van der Waals surface area contributed by atoms with E-state index in [1.165, 1.54) is 4.31 Å². The van der Waals surface area contributed by atoms with Crippen molar-refractivity contribution in [2.45, 2.75) is 30.4 Å². The zero-order valence-corrected chi connectivity index (χ0v) is 18.5. The SMILES string of the molecule is O=C(NC[C@@H]1CCCO1)c1ccccc1N(Cc1ccccc1)S(=O)(=O)c1ccccc1. The van der Waals surface area contributed by atoms with Gasteiger partial charge in [-0.3, -0.25) is 9.10 Å². The number of amides is 1. The maximum Gasteiger partial charge on any atom is 0.264 e. The monoisotopic (exact) mass is 450 g/mol. The maximum atomic E-state index is 13.7. The summed E-state index contributed by atoms with van der Waals surface area (Å²) in [5.74, 6) is -0.322. The van der Waals surface area contributed by atoms with Crippen molar-refractivity contribution in [3.63, 3.8) is 0 Å². The lowest BCUT2D eigenvalue weighted by Crippen LogP contribution is -2.35. The van der Waals surface area contributed by atoms with Crippen LogP contribution in [-0.2, 0) is 21.3 Å². The first-order valence-corrected chi connectivity index (χ1v) is 12.1. The Balaban J connectivity index is 1.70. The Morgan fingerprint density at radius 2 is 1.59 bits per heavy atom. The number of sulfonamides is 1. The van der Waals surface area contributed by atoms with Crippen LogP contribution in [0.3, 0.4) is 0 Å². The van der Waals surface area contributed by atoms with Crippen LogP contribution in [-0.4, -0.2) is 33.6 Å². The summed E-state index contributed by atoms with van der Waals surface area (Å²) in [7, 11) is -3.91. The molecule has 1 fully saturated rings. The first-order valence-electron chi connectivity index (χ1n) is 10.7. The molecule has 0 radical (unpaired) electrons. The Hall–Kier alpha value is -3.16. The molecular formula is C25H26N2O4S. The Morgan fingerprint density at radius 3 is 2.28 bits per heavy atom. The van der Waals surface area contributed by atoms with Crippen LogP contribution in [0.1, 0.15) is 28.8 Å². The molecular weight excluding hydrogens is 424 g/mol. The summed E-state index contributed by atoms with van der Waals surface area (Å²) in [6, 6.07) is 24.4. The van der Waals surface area contributed by atoms with Gasteiger partial charge in [-0.05, 0) is 42.7 Å². The average Bonchev–Trinajstić information content (AvgIpc) is 3.36. The topological polar surface area (TPSA) is 75.7 Å². The van der Waals surface area contributed by atoms with E-state index in [4.69, 9.17) is 4.74 Å². The average molecular weight is 451 g/mol. The van der Waals surface area contributed by atoms with E-state index in [1.807, 2.05) is 30.3 Å². The molecule has 0 aromatic heterocycles. The minimum Gasteiger partial charge on any atom is -0.376 e. The predicted molar refractivity (Wildman–Crippen MR) is 124 cm³/mol. The highest BCUT2D eigenvalue weighted by Crippen LogP contribution is 2.29. The van der Waals surface area contributed by atoms with E-state index >= 15 is 0 Å². The molecule has 0 saturated carbocycles. The summed E-state index contributed by atoms with van der Waals surface area (Å²) in [4.78, 5) is 13.2. The molecule has 0 aliphatic carbocycles. The van der Waals surface area contributed by atoms with E-state index in [9.17, 15) is 13.2 Å². The molecule has 0 spiro atoms. The summed E-state index contributed by atoms with van der Waals surface area (Å²) < 4.78 is 34.2. The van der Waals surface area contributed by atoms with Crippen molar-refractivity contribution in [3.8, 4) is 0 Å². The molecule has 3 aromatic rings. The molecule has 0 unspecified atom stereocenters. The Kier molecular flexibility index (Phi) is 6.87. The molecule has 1 aliphatic rings. The summed E-state index contributed by atoms with van der Waals surface area (Å²) in [5, 5.41) is 2.91. The van der Waals surface area contributed by atoms with Crippen molar-refractivity contribution in [3.05, 3.63) is 96.1 Å². The van der Waals surface area contributed by atoms with Gasteiger partial charge in [0, 0.05) is 13.2 Å². The molecule has 4 rings (SSSR count). The number of carbonyl (C=O) groups excluding carboxylic acids is 1. The van der Waals surface area contributed by atoms with Crippen LogP contribution in [0.25, 0.3) is 0 Å². The van der Waals surface area contributed by atoms with Gasteiger partial charge >= 0.3 is 0 Å². The van der Waals surface area contributed by atoms with Crippen molar-refractivity contribution in [2.75, 3.05) is 17.5 Å². The van der Waals surface area contributed by atoms with E-state index in [0.717, 1.165) is 18.4 Å². The largest absolute Gasteiger partial charge is 0.376 e. The molecule has 32 heavy (non-hydrogen) atoms. The van der Waals surface area contributed by atoms with Gasteiger partial charge in [-0.1, -0.05) is 60.7 Å². The van der Waals surface area contributed by atoms with Gasteiger partial charge in [0.2, 0.25) is 0 Å². The lowest BCUT2D eigenvalue weighted by molar-refractivity contribution is 0.0858. The third-order valence-corrected chi connectivity index (χ3v) is 7.21. The highest BCUT2D eigenvalue weighted by molar-refractivity contribution is 7.92. The van der Waals surface area contributed by atoms with E-state index in [2.05, 4.69) is 5.32 Å². The van der Waals surface area contributed by atoms with Crippen LogP contribution in [0.2, 0.25) is 0 Å². The van der Waals surface area contributed by atoms with Crippen LogP contribution in [0.15, 0.2) is 89.8 Å². The van der Waals surface area contributed by atoms with Gasteiger partial charge in [0.1, 0.15) is 0 Å². The number of anilines is 1. The number of rotatable bonds is 8. The van der Waals surface area contributed by atoms with Gasteiger partial charge in [-0.2, -0.15) is 0 Å². The fraction of sp³-hybridized carbons (Fsp3) is 0.240. The fourth-order valence-corrected chi connectivity index (χ4v) is 5.25. The van der Waals surface area contributed by atoms with Gasteiger partial charge in [0.05, 0.1) is 28.8 Å². The Morgan fingerprint density at radius 1 is 0.938 bits per heavy atom. The second-order valence-electron chi connectivity index (χ2n) is 7.67. The van der Waals surface area contributed by atoms with Crippen LogP contribution in [0.4, 0.5) is 5.69 Å². The number of para-hydroxylation sites is 1. The quantitative estimate of drug-likeness (QED) is 0.563. The summed E-state index contributed by atoms with van der Waals surface area (Å²) in [6.45, 7) is 1.21. The standard InChI is InChI=1S/C25H26N2O4S/c28-25(26-18-21-12-9-17-31-21)23-15-7-8-16-24(23)27(19-20-10-3-1-4-11-20)32(29,30)22-13-5-2-6-14-22/h1-8,10-11,13-16,21H,9,12,17-19H2,(H,26,28)/t21-/m0/s1. The molecule has 1 aliphatic heterocycles. The van der Waals surface area contributed by atoms with E-state index in [-0.39, 0.29) is 23.5 Å². The normalized spacial score (nSPS) is 15.9. The van der Waals surface area contributed by atoms with Crippen molar-refractivity contribution < 1.29 is 17.9 Å². The molecule has 3 aromatic carbocycles. The van der Waals surface area contributed by atoms with Crippen LogP contribution < -0.4 is 9.62 Å². The summed E-state index contributed by atoms with van der Waals surface area (Å²) >= 11 is 0. The first-order chi connectivity index (χ1) is 15.6. The van der Waals surface area contributed by atoms with Crippen molar-refractivity contribution in [1.82, 2.24) is 5.32 Å². The predicted octanol–water partition coefficient (Wildman–Crippen LogP) is 3.99. The van der Waals surface area contributed by atoms with E-state index in [1.54, 1.807) is 54.6 Å². The lowest BCUT2D eigenvalue weighted by atomic mass is 10.1. The minimum absolute atomic E-state index is 0.000384. The van der Waals surface area contributed by atoms with Gasteiger partial charge in [-0.25, -0.2) is 8.42 Å². The van der Waals surface area contributed by atoms with E-state index < -0.39 is 10.0 Å². The van der Waals surface area contributed by atoms with E-state index in [0.29, 0.717) is 24.4 Å². The third-order valence-electron chi connectivity index (χ3n) is 5.43. The smallest absolute Gasteiger partial charge is 0.264 e. The fourth-order valence-electron chi connectivity index (χ4n) is 3.76. The minimum atomic E-state index is -3.91. The highest BCUT2D eigenvalue weighted by atomic mass is 32.2. The summed E-state index contributed by atoms with van der Waals surface area (Å²) in [5.41, 5.74) is 1.47. The van der Waals surface area contributed by atoms with Gasteiger partial charge in [-0.15, -0.1) is 0 Å². The van der Waals surface area contributed by atoms with Crippen molar-refractivity contribution in [1.29, 1.82) is 0 Å². The summed E-state index contributed by atoms with van der Waals surface area (Å²) in [6.07, 6.45) is 1.89. The van der Waals surface area contributed by atoms with Crippen LogP contribution in [0.5, 0.6) is 0 Å². The zero-order chi connectivity index (χ0) is 22.4. The van der Waals surface area contributed by atoms with Crippen molar-refractivity contribution >= 4 is 21.6 Å². The second kappa shape index (κ2) is 9.97. The van der Waals surface area contributed by atoms with Gasteiger partial charge in [0.25, 0.3) is 15.9 Å². The molecule has 1 heterocycles. The van der Waals surface area contributed by atoms with Crippen LogP contribution >= 0.6 is 0 Å². The Labute approximate surface area is 188 Å². The molecule has 1 N–H and O–H groups in total. The number of nitrogens with zero attached hydrogens (tertiary/aromatic N) is 1. The number of nitrogens with one attached hydrogen (secondary N) is 1. The zero-order valence-electron chi connectivity index (χ0n) is 17.7. The van der Waals surface area contributed by atoms with Crippen molar-refractivity contribution in [2.24, 2.45) is 0 Å². The Bertz CT molecular complexity index is 1140. The molecule has 1 amide bonds. The molecule has 0 bridgehead atoms. The highest BCUT2D eigenvalue weighted by Gasteiger charge is 2.28. The number of ether oxygens (including phenoxy) is 1. The lowest BCUT2D eigenvalue weighted by Gasteiger charge is -2.27. The number of carbonyl (C=O) groups is 1. The molecule has 7 heteroatoms. The molecule has 1 atom stereocenters. The van der Waals surface area contributed by atoms with Gasteiger partial charge in [0.15, 0.2) is 0 Å². The molecule has 166 valence electrons.